The van der Waals surface area contributed by atoms with E-state index in [-0.39, 0.29) is 16.9 Å². The number of sulfonamides is 1. The second kappa shape index (κ2) is 10.7. The summed E-state index contributed by atoms with van der Waals surface area (Å²) >= 11 is 1.42. The van der Waals surface area contributed by atoms with Crippen molar-refractivity contribution in [1.29, 1.82) is 0 Å². The van der Waals surface area contributed by atoms with E-state index >= 15 is 0 Å². The maximum absolute atomic E-state index is 13.8. The number of hydrogen-bond acceptors (Lipinski definition) is 7. The number of fused-ring (bicyclic) bond motifs is 2. The number of carbonyl (C=O) groups excluding carboxylic acids is 1. The molecular weight excluding hydrogens is 534 g/mol. The summed E-state index contributed by atoms with van der Waals surface area (Å²) in [6.45, 7) is 1.81. The minimum Gasteiger partial charge on any atom is -0.494 e. The summed E-state index contributed by atoms with van der Waals surface area (Å²) in [7, 11) is -2.10. The third-order valence-electron chi connectivity index (χ3n) is 7.31. The molecule has 0 saturated carbocycles. The van der Waals surface area contributed by atoms with Crippen LogP contribution in [0.15, 0.2) is 71.6 Å². The molecule has 3 heterocycles. The normalized spacial score (nSPS) is 17.7. The number of ether oxygens (including phenoxy) is 2. The highest BCUT2D eigenvalue weighted by Gasteiger charge is 2.30. The van der Waals surface area contributed by atoms with Crippen molar-refractivity contribution in [2.45, 2.75) is 36.8 Å². The fourth-order valence-corrected chi connectivity index (χ4v) is 7.59. The molecule has 1 unspecified atom stereocenters. The molecule has 0 radical (unpaired) electrons. The Kier molecular flexibility index (Phi) is 7.11. The first-order chi connectivity index (χ1) is 18.9. The Hall–Kier alpha value is -3.31. The maximum atomic E-state index is 13.8. The van der Waals surface area contributed by atoms with Crippen LogP contribution in [0.5, 0.6) is 5.75 Å². The Labute approximate surface area is 231 Å². The SMILES string of the molecule is COc1cccc2sc(N(CC3CCCO3)C(=O)c3ccc(S(=O)(=O)N4CCc5ccccc5C4)cc3)nc12. The van der Waals surface area contributed by atoms with E-state index in [2.05, 4.69) is 0 Å². The van der Waals surface area contributed by atoms with Crippen LogP contribution in [0.3, 0.4) is 0 Å². The Balaban J connectivity index is 1.27. The van der Waals surface area contributed by atoms with Gasteiger partial charge >= 0.3 is 0 Å². The van der Waals surface area contributed by atoms with E-state index in [9.17, 15) is 13.2 Å². The van der Waals surface area contributed by atoms with Crippen molar-refractivity contribution in [1.82, 2.24) is 9.29 Å². The van der Waals surface area contributed by atoms with Crippen molar-refractivity contribution < 1.29 is 22.7 Å². The topological polar surface area (TPSA) is 89.0 Å². The Morgan fingerprint density at radius 1 is 1.10 bits per heavy atom. The van der Waals surface area contributed by atoms with E-state index in [1.807, 2.05) is 42.5 Å². The molecule has 4 aromatic rings. The van der Waals surface area contributed by atoms with Gasteiger partial charge in [0.1, 0.15) is 11.3 Å². The average molecular weight is 564 g/mol. The predicted molar refractivity (Wildman–Crippen MR) is 151 cm³/mol. The lowest BCUT2D eigenvalue weighted by Crippen LogP contribution is -2.37. The zero-order valence-corrected chi connectivity index (χ0v) is 23.2. The van der Waals surface area contributed by atoms with Crippen LogP contribution in [0.1, 0.15) is 34.3 Å². The Morgan fingerprint density at radius 3 is 2.64 bits per heavy atom. The summed E-state index contributed by atoms with van der Waals surface area (Å²) in [5.41, 5.74) is 3.30. The summed E-state index contributed by atoms with van der Waals surface area (Å²) in [6, 6.07) is 19.8. The molecule has 0 bridgehead atoms. The van der Waals surface area contributed by atoms with Crippen LogP contribution in [-0.2, 0) is 27.7 Å². The van der Waals surface area contributed by atoms with E-state index in [0.29, 0.717) is 54.6 Å². The highest BCUT2D eigenvalue weighted by atomic mass is 32.2. The van der Waals surface area contributed by atoms with Gasteiger partial charge in [0.2, 0.25) is 10.0 Å². The minimum atomic E-state index is -3.70. The number of carbonyl (C=O) groups is 1. The van der Waals surface area contributed by atoms with E-state index in [1.54, 1.807) is 24.1 Å². The Bertz CT molecular complexity index is 1610. The highest BCUT2D eigenvalue weighted by molar-refractivity contribution is 7.89. The van der Waals surface area contributed by atoms with E-state index in [4.69, 9.17) is 14.5 Å². The molecule has 8 nitrogen and oxygen atoms in total. The van der Waals surface area contributed by atoms with Gasteiger partial charge in [0, 0.05) is 25.3 Å². The van der Waals surface area contributed by atoms with Gasteiger partial charge in [-0.15, -0.1) is 0 Å². The fourth-order valence-electron chi connectivity index (χ4n) is 5.18. The quantitative estimate of drug-likeness (QED) is 0.319. The van der Waals surface area contributed by atoms with Crippen molar-refractivity contribution in [3.63, 3.8) is 0 Å². The van der Waals surface area contributed by atoms with Gasteiger partial charge in [0.15, 0.2) is 5.13 Å². The van der Waals surface area contributed by atoms with Crippen LogP contribution in [0, 0.1) is 0 Å². The second-order valence-corrected chi connectivity index (χ2v) is 12.7. The number of thiazole rings is 1. The predicted octanol–water partition coefficient (Wildman–Crippen LogP) is 4.88. The molecular formula is C29H29N3O5S2. The van der Waals surface area contributed by atoms with Gasteiger partial charge in [-0.1, -0.05) is 41.7 Å². The second-order valence-electron chi connectivity index (χ2n) is 9.74. The van der Waals surface area contributed by atoms with Gasteiger partial charge in [-0.3, -0.25) is 9.69 Å². The van der Waals surface area contributed by atoms with Crippen molar-refractivity contribution in [2.75, 3.05) is 31.7 Å². The van der Waals surface area contributed by atoms with Crippen LogP contribution in [0.4, 0.5) is 5.13 Å². The summed E-state index contributed by atoms with van der Waals surface area (Å²) < 4.78 is 40.6. The molecule has 39 heavy (non-hydrogen) atoms. The summed E-state index contributed by atoms with van der Waals surface area (Å²) in [5.74, 6) is 0.397. The first-order valence-electron chi connectivity index (χ1n) is 13.0. The first-order valence-corrected chi connectivity index (χ1v) is 15.2. The lowest BCUT2D eigenvalue weighted by atomic mass is 10.0. The molecule has 6 rings (SSSR count). The minimum absolute atomic E-state index is 0.0792. The van der Waals surface area contributed by atoms with E-state index in [1.165, 1.54) is 33.3 Å². The molecule has 1 amide bonds. The van der Waals surface area contributed by atoms with Crippen molar-refractivity contribution in [2.24, 2.45) is 0 Å². The highest BCUT2D eigenvalue weighted by Crippen LogP contribution is 2.35. The lowest BCUT2D eigenvalue weighted by molar-refractivity contribution is 0.0917. The van der Waals surface area contributed by atoms with Gasteiger partial charge < -0.3 is 9.47 Å². The zero-order valence-electron chi connectivity index (χ0n) is 21.6. The summed E-state index contributed by atoms with van der Waals surface area (Å²) in [6.07, 6.45) is 2.42. The molecule has 0 N–H and O–H groups in total. The number of aromatic nitrogens is 1. The summed E-state index contributed by atoms with van der Waals surface area (Å²) in [4.78, 5) is 20.4. The van der Waals surface area contributed by atoms with Crippen molar-refractivity contribution in [3.8, 4) is 5.75 Å². The van der Waals surface area contributed by atoms with E-state index < -0.39 is 10.0 Å². The van der Waals surface area contributed by atoms with Gasteiger partial charge in [0.05, 0.1) is 29.4 Å². The molecule has 1 saturated heterocycles. The molecule has 0 spiro atoms. The number of para-hydroxylation sites is 1. The third kappa shape index (κ3) is 5.05. The summed E-state index contributed by atoms with van der Waals surface area (Å²) in [5, 5.41) is 0.554. The van der Waals surface area contributed by atoms with Crippen LogP contribution >= 0.6 is 11.3 Å². The molecule has 3 aromatic carbocycles. The van der Waals surface area contributed by atoms with Crippen LogP contribution in [0.25, 0.3) is 10.2 Å². The first kappa shape index (κ1) is 25.9. The molecule has 10 heteroatoms. The molecule has 2 aliphatic rings. The third-order valence-corrected chi connectivity index (χ3v) is 10.2. The number of rotatable bonds is 7. The number of amides is 1. The van der Waals surface area contributed by atoms with Crippen molar-refractivity contribution in [3.05, 3.63) is 83.4 Å². The smallest absolute Gasteiger partial charge is 0.260 e. The van der Waals surface area contributed by atoms with Gasteiger partial charge in [-0.25, -0.2) is 13.4 Å². The van der Waals surface area contributed by atoms with Crippen LogP contribution < -0.4 is 9.64 Å². The lowest BCUT2D eigenvalue weighted by Gasteiger charge is -2.28. The standard InChI is InChI=1S/C29H29N3O5S2/c1-36-25-9-4-10-26-27(25)30-29(38-26)32(19-23-8-5-17-37-23)28(33)21-11-13-24(14-12-21)39(34,35)31-16-15-20-6-2-3-7-22(20)18-31/h2-4,6-7,9-14,23H,5,8,15-19H2,1H3. The van der Waals surface area contributed by atoms with Crippen molar-refractivity contribution >= 4 is 42.6 Å². The number of hydrogen-bond donors (Lipinski definition) is 0. The molecule has 1 atom stereocenters. The van der Waals surface area contributed by atoms with E-state index in [0.717, 1.165) is 23.1 Å². The maximum Gasteiger partial charge on any atom is 0.260 e. The monoisotopic (exact) mass is 563 g/mol. The number of anilines is 1. The largest absolute Gasteiger partial charge is 0.494 e. The van der Waals surface area contributed by atoms with Crippen LogP contribution in [-0.4, -0.2) is 56.5 Å². The zero-order chi connectivity index (χ0) is 27.0. The molecule has 2 aliphatic heterocycles. The molecule has 202 valence electrons. The van der Waals surface area contributed by atoms with Gasteiger partial charge in [-0.2, -0.15) is 4.31 Å². The Morgan fingerprint density at radius 2 is 1.90 bits per heavy atom. The molecule has 0 aliphatic carbocycles. The number of benzene rings is 3. The molecule has 1 aromatic heterocycles. The van der Waals surface area contributed by atoms with Crippen LogP contribution in [0.2, 0.25) is 0 Å². The van der Waals surface area contributed by atoms with Gasteiger partial charge in [-0.05, 0) is 66.8 Å². The number of nitrogens with zero attached hydrogens (tertiary/aromatic N) is 3. The fraction of sp³-hybridized carbons (Fsp3) is 0.310. The van der Waals surface area contributed by atoms with Gasteiger partial charge in [0.25, 0.3) is 5.91 Å². The number of methoxy groups -OCH3 is 1. The average Bonchev–Trinajstić information content (AvgIpc) is 3.65. The molecule has 1 fully saturated rings.